The summed E-state index contributed by atoms with van der Waals surface area (Å²) in [7, 11) is 1.63. The number of carbonyl (C=O) groups is 2. The summed E-state index contributed by atoms with van der Waals surface area (Å²) in [6.45, 7) is 0.758. The Hall–Kier alpha value is -3.32. The first-order valence-electron chi connectivity index (χ1n) is 14.2. The lowest BCUT2D eigenvalue weighted by Crippen LogP contribution is -2.52. The molecular weight excluding hydrogens is 568 g/mol. The Morgan fingerprint density at radius 2 is 1.62 bits per heavy atom. The molecule has 40 heavy (non-hydrogen) atoms. The van der Waals surface area contributed by atoms with E-state index in [0.29, 0.717) is 26.0 Å². The second-order valence-electron chi connectivity index (χ2n) is 10.3. The molecule has 0 saturated heterocycles. The van der Waals surface area contributed by atoms with Gasteiger partial charge in [-0.3, -0.25) is 9.59 Å². The molecule has 1 aliphatic rings. The van der Waals surface area contributed by atoms with E-state index in [-0.39, 0.29) is 24.3 Å². The summed E-state index contributed by atoms with van der Waals surface area (Å²) in [5, 5.41) is 3.29. The molecule has 0 heterocycles. The number of nitrogens with zero attached hydrogens (tertiary/aromatic N) is 1. The molecule has 3 aromatic carbocycles. The van der Waals surface area contributed by atoms with E-state index in [9.17, 15) is 9.59 Å². The monoisotopic (exact) mass is 606 g/mol. The summed E-state index contributed by atoms with van der Waals surface area (Å²) >= 11 is 3.55. The summed E-state index contributed by atoms with van der Waals surface area (Å²) in [5.74, 6) is 1.36. The van der Waals surface area contributed by atoms with Crippen molar-refractivity contribution in [3.8, 4) is 11.5 Å². The molecule has 0 aromatic heterocycles. The van der Waals surface area contributed by atoms with Gasteiger partial charge in [0, 0.05) is 29.9 Å². The van der Waals surface area contributed by atoms with Crippen molar-refractivity contribution in [2.75, 3.05) is 13.7 Å². The fourth-order valence-electron chi connectivity index (χ4n) is 5.16. The minimum atomic E-state index is -0.613. The van der Waals surface area contributed by atoms with Gasteiger partial charge in [0.1, 0.15) is 17.5 Å². The smallest absolute Gasteiger partial charge is 0.243 e. The third kappa shape index (κ3) is 9.12. The second kappa shape index (κ2) is 15.5. The molecule has 1 saturated carbocycles. The van der Waals surface area contributed by atoms with E-state index in [2.05, 4.69) is 21.2 Å². The Labute approximate surface area is 246 Å². The first-order valence-corrected chi connectivity index (χ1v) is 15.0. The standard InChI is InChI=1S/C33H39BrN2O4/c1-39-29-17-19-30(20-18-29)40-21-9-16-32(37)36(24-26-12-8-13-27(34)22-26)31(23-25-10-4-2-5-11-25)33(38)35-28-14-6-3-7-15-28/h2,4-5,8,10-13,17-20,22,28,31H,3,6-7,9,14-16,21,23-24H2,1H3,(H,35,38). The predicted molar refractivity (Wildman–Crippen MR) is 161 cm³/mol. The van der Waals surface area contributed by atoms with Crippen molar-refractivity contribution < 1.29 is 19.1 Å². The Morgan fingerprint density at radius 1 is 0.925 bits per heavy atom. The maximum Gasteiger partial charge on any atom is 0.243 e. The van der Waals surface area contributed by atoms with Crippen LogP contribution in [-0.2, 0) is 22.6 Å². The van der Waals surface area contributed by atoms with Crippen molar-refractivity contribution in [1.82, 2.24) is 10.2 Å². The molecule has 2 amide bonds. The maximum atomic E-state index is 13.8. The Morgan fingerprint density at radius 3 is 2.33 bits per heavy atom. The average molecular weight is 608 g/mol. The number of hydrogen-bond donors (Lipinski definition) is 1. The number of nitrogens with one attached hydrogen (secondary N) is 1. The van der Waals surface area contributed by atoms with Crippen molar-refractivity contribution in [2.45, 2.75) is 70.0 Å². The third-order valence-corrected chi connectivity index (χ3v) is 7.82. The van der Waals surface area contributed by atoms with Crippen LogP contribution < -0.4 is 14.8 Å². The number of carbonyl (C=O) groups excluding carboxylic acids is 2. The molecule has 0 radical (unpaired) electrons. The topological polar surface area (TPSA) is 67.9 Å². The van der Waals surface area contributed by atoms with Gasteiger partial charge in [-0.05, 0) is 66.8 Å². The van der Waals surface area contributed by atoms with Crippen LogP contribution in [0.2, 0.25) is 0 Å². The molecule has 3 aromatic rings. The molecule has 6 nitrogen and oxygen atoms in total. The summed E-state index contributed by atoms with van der Waals surface area (Å²) < 4.78 is 12.0. The van der Waals surface area contributed by atoms with Gasteiger partial charge in [0.2, 0.25) is 11.8 Å². The van der Waals surface area contributed by atoms with Gasteiger partial charge in [0.05, 0.1) is 13.7 Å². The zero-order valence-corrected chi connectivity index (χ0v) is 24.8. The highest BCUT2D eigenvalue weighted by Gasteiger charge is 2.31. The van der Waals surface area contributed by atoms with Crippen LogP contribution in [0.5, 0.6) is 11.5 Å². The number of methoxy groups -OCH3 is 1. The molecule has 0 bridgehead atoms. The highest BCUT2D eigenvalue weighted by molar-refractivity contribution is 9.10. The lowest BCUT2D eigenvalue weighted by Gasteiger charge is -2.33. The molecule has 1 N–H and O–H groups in total. The number of rotatable bonds is 13. The van der Waals surface area contributed by atoms with E-state index in [0.717, 1.165) is 52.8 Å². The van der Waals surface area contributed by atoms with Gasteiger partial charge >= 0.3 is 0 Å². The summed E-state index contributed by atoms with van der Waals surface area (Å²) in [6, 6.07) is 24.8. The number of halogens is 1. The highest BCUT2D eigenvalue weighted by atomic mass is 79.9. The van der Waals surface area contributed by atoms with Gasteiger partial charge in [-0.25, -0.2) is 0 Å². The molecule has 1 fully saturated rings. The van der Waals surface area contributed by atoms with Crippen molar-refractivity contribution in [3.63, 3.8) is 0 Å². The summed E-state index contributed by atoms with van der Waals surface area (Å²) in [6.07, 6.45) is 6.74. The molecule has 212 valence electrons. The quantitative estimate of drug-likeness (QED) is 0.220. The summed E-state index contributed by atoms with van der Waals surface area (Å²) in [4.78, 5) is 29.4. The molecule has 1 unspecified atom stereocenters. The van der Waals surface area contributed by atoms with E-state index in [1.807, 2.05) is 78.9 Å². The molecule has 1 atom stereocenters. The molecule has 0 spiro atoms. The van der Waals surface area contributed by atoms with Gasteiger partial charge in [0.15, 0.2) is 0 Å². The fraction of sp³-hybridized carbons (Fsp3) is 0.394. The van der Waals surface area contributed by atoms with E-state index in [4.69, 9.17) is 9.47 Å². The van der Waals surface area contributed by atoms with Crippen LogP contribution in [0.25, 0.3) is 0 Å². The zero-order chi connectivity index (χ0) is 28.2. The number of amides is 2. The van der Waals surface area contributed by atoms with Crippen LogP contribution in [-0.4, -0.2) is 42.5 Å². The second-order valence-corrected chi connectivity index (χ2v) is 11.2. The van der Waals surface area contributed by atoms with Crippen molar-refractivity contribution >= 4 is 27.7 Å². The normalized spacial score (nSPS) is 14.2. The largest absolute Gasteiger partial charge is 0.497 e. The molecule has 4 rings (SSSR count). The van der Waals surface area contributed by atoms with Gasteiger partial charge in [-0.1, -0.05) is 77.7 Å². The van der Waals surface area contributed by atoms with Gasteiger partial charge in [0.25, 0.3) is 0 Å². The van der Waals surface area contributed by atoms with Crippen LogP contribution >= 0.6 is 15.9 Å². The Bertz CT molecular complexity index is 1210. The van der Waals surface area contributed by atoms with Gasteiger partial charge < -0.3 is 19.7 Å². The van der Waals surface area contributed by atoms with Crippen LogP contribution in [0.1, 0.15) is 56.1 Å². The lowest BCUT2D eigenvalue weighted by molar-refractivity contribution is -0.141. The fourth-order valence-corrected chi connectivity index (χ4v) is 5.61. The van der Waals surface area contributed by atoms with Crippen molar-refractivity contribution in [1.29, 1.82) is 0 Å². The number of hydrogen-bond acceptors (Lipinski definition) is 4. The van der Waals surface area contributed by atoms with Gasteiger partial charge in [-0.15, -0.1) is 0 Å². The molecule has 0 aliphatic heterocycles. The lowest BCUT2D eigenvalue weighted by atomic mass is 9.94. The maximum absolute atomic E-state index is 13.8. The summed E-state index contributed by atoms with van der Waals surface area (Å²) in [5.41, 5.74) is 2.00. The molecule has 1 aliphatic carbocycles. The van der Waals surface area contributed by atoms with E-state index in [1.165, 1.54) is 6.42 Å². The first kappa shape index (κ1) is 29.7. The van der Waals surface area contributed by atoms with Crippen LogP contribution in [0.15, 0.2) is 83.3 Å². The van der Waals surface area contributed by atoms with Crippen LogP contribution in [0.4, 0.5) is 0 Å². The molecule has 7 heteroatoms. The minimum absolute atomic E-state index is 0.0574. The molecular formula is C33H39BrN2O4. The number of ether oxygens (including phenoxy) is 2. The zero-order valence-electron chi connectivity index (χ0n) is 23.2. The van der Waals surface area contributed by atoms with E-state index < -0.39 is 6.04 Å². The Kier molecular flexibility index (Phi) is 11.5. The SMILES string of the molecule is COc1ccc(OCCCC(=O)N(Cc2cccc(Br)c2)C(Cc2ccccc2)C(=O)NC2CCCCC2)cc1. The van der Waals surface area contributed by atoms with Crippen molar-refractivity contribution in [3.05, 3.63) is 94.5 Å². The van der Waals surface area contributed by atoms with E-state index in [1.54, 1.807) is 12.0 Å². The predicted octanol–water partition coefficient (Wildman–Crippen LogP) is 6.71. The van der Waals surface area contributed by atoms with Gasteiger partial charge in [-0.2, -0.15) is 0 Å². The van der Waals surface area contributed by atoms with Crippen LogP contribution in [0, 0.1) is 0 Å². The van der Waals surface area contributed by atoms with E-state index >= 15 is 0 Å². The highest BCUT2D eigenvalue weighted by Crippen LogP contribution is 2.22. The first-order chi connectivity index (χ1) is 19.5. The Balaban J connectivity index is 1.50. The number of benzene rings is 3. The minimum Gasteiger partial charge on any atom is -0.497 e. The van der Waals surface area contributed by atoms with Crippen LogP contribution in [0.3, 0.4) is 0 Å². The van der Waals surface area contributed by atoms with Crippen molar-refractivity contribution in [2.24, 2.45) is 0 Å². The third-order valence-electron chi connectivity index (χ3n) is 7.33. The average Bonchev–Trinajstić information content (AvgIpc) is 2.98.